The Labute approximate surface area is 152 Å². The van der Waals surface area contributed by atoms with Crippen molar-refractivity contribution in [1.29, 1.82) is 0 Å². The third kappa shape index (κ3) is 3.85. The fourth-order valence-corrected chi connectivity index (χ4v) is 3.66. The van der Waals surface area contributed by atoms with E-state index in [2.05, 4.69) is 25.3 Å². The number of carbonyl (C=O) groups excluding carboxylic acids is 1. The summed E-state index contributed by atoms with van der Waals surface area (Å²) in [5.74, 6) is 0.855. The van der Waals surface area contributed by atoms with Crippen LogP contribution in [-0.4, -0.2) is 58.0 Å². The lowest BCUT2D eigenvalue weighted by Crippen LogP contribution is -2.38. The third-order valence-corrected chi connectivity index (χ3v) is 5.19. The van der Waals surface area contributed by atoms with Gasteiger partial charge in [0.1, 0.15) is 18.5 Å². The number of hydrogen-bond donors (Lipinski definition) is 1. The fraction of sp³-hybridized carbons (Fsp3) is 0.556. The SMILES string of the molecule is O=C(NC1CCC(n2cncn2)CC1)c1ccc(N2CCOCC2)nc1. The summed E-state index contributed by atoms with van der Waals surface area (Å²) in [6.07, 6.45) is 8.92. The molecule has 1 saturated heterocycles. The van der Waals surface area contributed by atoms with E-state index in [1.165, 1.54) is 0 Å². The molecule has 4 rings (SSSR count). The summed E-state index contributed by atoms with van der Waals surface area (Å²) in [4.78, 5) is 23.1. The largest absolute Gasteiger partial charge is 0.378 e. The molecule has 0 unspecified atom stereocenters. The molecule has 1 aliphatic heterocycles. The van der Waals surface area contributed by atoms with E-state index in [4.69, 9.17) is 4.74 Å². The van der Waals surface area contributed by atoms with Crippen LogP contribution in [0.5, 0.6) is 0 Å². The van der Waals surface area contributed by atoms with Gasteiger partial charge in [-0.15, -0.1) is 0 Å². The Kier molecular flexibility index (Phi) is 5.10. The minimum atomic E-state index is -0.0461. The lowest BCUT2D eigenvalue weighted by Gasteiger charge is -2.29. The highest BCUT2D eigenvalue weighted by molar-refractivity contribution is 5.94. The van der Waals surface area contributed by atoms with Crippen LogP contribution >= 0.6 is 0 Å². The number of nitrogens with zero attached hydrogens (tertiary/aromatic N) is 5. The van der Waals surface area contributed by atoms with Crippen molar-refractivity contribution in [2.24, 2.45) is 0 Å². The molecule has 1 amide bonds. The van der Waals surface area contributed by atoms with Gasteiger partial charge in [-0.1, -0.05) is 0 Å². The Morgan fingerprint density at radius 1 is 1.15 bits per heavy atom. The predicted molar refractivity (Wildman–Crippen MR) is 96.1 cm³/mol. The van der Waals surface area contributed by atoms with Gasteiger partial charge in [-0.05, 0) is 37.8 Å². The molecule has 26 heavy (non-hydrogen) atoms. The van der Waals surface area contributed by atoms with E-state index in [0.29, 0.717) is 11.6 Å². The van der Waals surface area contributed by atoms with Crippen molar-refractivity contribution >= 4 is 11.7 Å². The van der Waals surface area contributed by atoms with E-state index in [1.54, 1.807) is 18.9 Å². The molecule has 0 bridgehead atoms. The zero-order chi connectivity index (χ0) is 17.8. The lowest BCUT2D eigenvalue weighted by molar-refractivity contribution is 0.0921. The quantitative estimate of drug-likeness (QED) is 0.892. The molecular weight excluding hydrogens is 332 g/mol. The van der Waals surface area contributed by atoms with Crippen LogP contribution < -0.4 is 10.2 Å². The second kappa shape index (κ2) is 7.82. The van der Waals surface area contributed by atoms with Gasteiger partial charge < -0.3 is 15.0 Å². The average molecular weight is 356 g/mol. The van der Waals surface area contributed by atoms with Gasteiger partial charge in [-0.25, -0.2) is 14.6 Å². The Morgan fingerprint density at radius 3 is 2.62 bits per heavy atom. The first-order valence-electron chi connectivity index (χ1n) is 9.23. The maximum Gasteiger partial charge on any atom is 0.253 e. The van der Waals surface area contributed by atoms with Gasteiger partial charge in [0.15, 0.2) is 0 Å². The zero-order valence-electron chi connectivity index (χ0n) is 14.8. The van der Waals surface area contributed by atoms with E-state index in [0.717, 1.165) is 57.8 Å². The summed E-state index contributed by atoms with van der Waals surface area (Å²) < 4.78 is 7.28. The number of nitrogens with one attached hydrogen (secondary N) is 1. The van der Waals surface area contributed by atoms with Crippen LogP contribution in [-0.2, 0) is 4.74 Å². The molecule has 1 N–H and O–H groups in total. The molecule has 138 valence electrons. The van der Waals surface area contributed by atoms with Crippen LogP contribution in [0, 0.1) is 0 Å². The first kappa shape index (κ1) is 17.0. The number of hydrogen-bond acceptors (Lipinski definition) is 6. The van der Waals surface area contributed by atoms with Gasteiger partial charge in [0.2, 0.25) is 0 Å². The van der Waals surface area contributed by atoms with Gasteiger partial charge in [-0.3, -0.25) is 4.79 Å². The molecule has 2 fully saturated rings. The smallest absolute Gasteiger partial charge is 0.253 e. The van der Waals surface area contributed by atoms with Gasteiger partial charge in [0.25, 0.3) is 5.91 Å². The number of anilines is 1. The van der Waals surface area contributed by atoms with Gasteiger partial charge >= 0.3 is 0 Å². The van der Waals surface area contributed by atoms with E-state index in [-0.39, 0.29) is 11.9 Å². The monoisotopic (exact) mass is 356 g/mol. The molecule has 1 saturated carbocycles. The number of amides is 1. The van der Waals surface area contributed by atoms with Crippen molar-refractivity contribution in [2.45, 2.75) is 37.8 Å². The normalized spacial score (nSPS) is 23.6. The second-order valence-corrected chi connectivity index (χ2v) is 6.86. The molecule has 8 heteroatoms. The number of rotatable bonds is 4. The first-order valence-corrected chi connectivity index (χ1v) is 9.23. The molecule has 8 nitrogen and oxygen atoms in total. The Morgan fingerprint density at radius 2 is 1.96 bits per heavy atom. The van der Waals surface area contributed by atoms with Crippen LogP contribution in [0.15, 0.2) is 31.0 Å². The van der Waals surface area contributed by atoms with Crippen LogP contribution in [0.4, 0.5) is 5.82 Å². The van der Waals surface area contributed by atoms with Crippen molar-refractivity contribution in [3.63, 3.8) is 0 Å². The minimum absolute atomic E-state index is 0.0461. The highest BCUT2D eigenvalue weighted by atomic mass is 16.5. The van der Waals surface area contributed by atoms with Crippen LogP contribution in [0.25, 0.3) is 0 Å². The zero-order valence-corrected chi connectivity index (χ0v) is 14.8. The molecule has 3 heterocycles. The molecule has 0 radical (unpaired) electrons. The lowest BCUT2D eigenvalue weighted by atomic mass is 9.91. The predicted octanol–water partition coefficient (Wildman–Crippen LogP) is 1.42. The first-order chi connectivity index (χ1) is 12.8. The van der Waals surface area contributed by atoms with Crippen molar-refractivity contribution in [3.05, 3.63) is 36.5 Å². The molecule has 0 atom stereocenters. The Hall–Kier alpha value is -2.48. The second-order valence-electron chi connectivity index (χ2n) is 6.86. The molecule has 0 spiro atoms. The molecule has 2 aliphatic rings. The van der Waals surface area contributed by atoms with Crippen LogP contribution in [0.3, 0.4) is 0 Å². The number of carbonyl (C=O) groups is 1. The van der Waals surface area contributed by atoms with E-state index in [9.17, 15) is 4.79 Å². The number of pyridine rings is 1. The number of ether oxygens (including phenoxy) is 1. The Bertz CT molecular complexity index is 704. The van der Waals surface area contributed by atoms with Crippen molar-refractivity contribution < 1.29 is 9.53 Å². The van der Waals surface area contributed by atoms with E-state index >= 15 is 0 Å². The average Bonchev–Trinajstić information content (AvgIpc) is 3.24. The summed E-state index contributed by atoms with van der Waals surface area (Å²) in [5, 5.41) is 7.36. The molecule has 1 aliphatic carbocycles. The van der Waals surface area contributed by atoms with Crippen molar-refractivity contribution in [2.75, 3.05) is 31.2 Å². The van der Waals surface area contributed by atoms with Crippen molar-refractivity contribution in [3.8, 4) is 0 Å². The van der Waals surface area contributed by atoms with Gasteiger partial charge in [0, 0.05) is 25.3 Å². The van der Waals surface area contributed by atoms with Crippen LogP contribution in [0.1, 0.15) is 42.1 Å². The standard InChI is InChI=1S/C18H24N6O2/c25-18(14-1-6-17(20-11-14)23-7-9-26-10-8-23)22-15-2-4-16(5-3-15)24-13-19-12-21-24/h1,6,11-13,15-16H,2-5,7-10H2,(H,22,25). The minimum Gasteiger partial charge on any atom is -0.378 e. The summed E-state index contributed by atoms with van der Waals surface area (Å²) in [5.41, 5.74) is 0.611. The summed E-state index contributed by atoms with van der Waals surface area (Å²) in [6, 6.07) is 4.37. The topological polar surface area (TPSA) is 85.2 Å². The molecule has 0 aromatic carbocycles. The maximum atomic E-state index is 12.5. The van der Waals surface area contributed by atoms with Gasteiger partial charge in [0.05, 0.1) is 24.8 Å². The number of morpholine rings is 1. The summed E-state index contributed by atoms with van der Waals surface area (Å²) in [6.45, 7) is 3.13. The third-order valence-electron chi connectivity index (χ3n) is 5.19. The highest BCUT2D eigenvalue weighted by Gasteiger charge is 2.24. The molecule has 2 aromatic heterocycles. The molecule has 2 aromatic rings. The van der Waals surface area contributed by atoms with E-state index in [1.807, 2.05) is 16.8 Å². The van der Waals surface area contributed by atoms with Crippen molar-refractivity contribution in [1.82, 2.24) is 25.1 Å². The van der Waals surface area contributed by atoms with Crippen LogP contribution in [0.2, 0.25) is 0 Å². The fourth-order valence-electron chi connectivity index (χ4n) is 3.66. The summed E-state index contributed by atoms with van der Waals surface area (Å²) >= 11 is 0. The number of aromatic nitrogens is 4. The Balaban J connectivity index is 1.29. The summed E-state index contributed by atoms with van der Waals surface area (Å²) in [7, 11) is 0. The molecular formula is C18H24N6O2. The van der Waals surface area contributed by atoms with E-state index < -0.39 is 0 Å². The van der Waals surface area contributed by atoms with Gasteiger partial charge in [-0.2, -0.15) is 5.10 Å². The highest BCUT2D eigenvalue weighted by Crippen LogP contribution is 2.27. The maximum absolute atomic E-state index is 12.5.